The minimum absolute atomic E-state index is 0. The van der Waals surface area contributed by atoms with Gasteiger partial charge in [-0.05, 0) is 37.4 Å². The Morgan fingerprint density at radius 2 is 1.89 bits per heavy atom. The lowest BCUT2D eigenvalue weighted by atomic mass is 10.1. The highest BCUT2D eigenvalue weighted by Gasteiger charge is 2.17. The number of hydrogen-bond donors (Lipinski definition) is 2. The third kappa shape index (κ3) is 9.71. The van der Waals surface area contributed by atoms with Gasteiger partial charge in [0.1, 0.15) is 5.15 Å². The highest BCUT2D eigenvalue weighted by molar-refractivity contribution is 14.0. The van der Waals surface area contributed by atoms with Crippen molar-refractivity contribution < 1.29 is 0 Å². The SMILES string of the molecule is CCNC(=NCC(C)CN1CCN(CC)CC1)NCCc1ccc(Cl)nc1.I. The first kappa shape index (κ1) is 25.4. The van der Waals surface area contributed by atoms with Crippen molar-refractivity contribution in [3.05, 3.63) is 29.0 Å². The number of hydrogen-bond acceptors (Lipinski definition) is 4. The van der Waals surface area contributed by atoms with E-state index in [2.05, 4.69) is 46.2 Å². The Balaban J connectivity index is 0.00000392. The Kier molecular flexibility index (Phi) is 13.0. The van der Waals surface area contributed by atoms with E-state index in [4.69, 9.17) is 16.6 Å². The molecule has 0 amide bonds. The molecule has 1 atom stereocenters. The second kappa shape index (κ2) is 14.4. The maximum atomic E-state index is 5.83. The Morgan fingerprint density at radius 1 is 1.18 bits per heavy atom. The van der Waals surface area contributed by atoms with Gasteiger partial charge in [0.15, 0.2) is 5.96 Å². The maximum Gasteiger partial charge on any atom is 0.191 e. The quantitative estimate of drug-likeness (QED) is 0.226. The summed E-state index contributed by atoms with van der Waals surface area (Å²) in [4.78, 5) is 14.0. The van der Waals surface area contributed by atoms with Crippen molar-refractivity contribution in [2.75, 3.05) is 58.9 Å². The van der Waals surface area contributed by atoms with E-state index < -0.39 is 0 Å². The molecule has 2 heterocycles. The zero-order chi connectivity index (χ0) is 19.5. The molecule has 0 radical (unpaired) electrons. The topological polar surface area (TPSA) is 55.8 Å². The fraction of sp³-hybridized carbons (Fsp3) is 0.700. The summed E-state index contributed by atoms with van der Waals surface area (Å²) in [6.45, 7) is 16.2. The van der Waals surface area contributed by atoms with Crippen LogP contribution >= 0.6 is 35.6 Å². The van der Waals surface area contributed by atoms with Gasteiger partial charge in [-0.1, -0.05) is 31.5 Å². The van der Waals surface area contributed by atoms with Crippen LogP contribution in [-0.2, 0) is 6.42 Å². The largest absolute Gasteiger partial charge is 0.357 e. The van der Waals surface area contributed by atoms with Gasteiger partial charge >= 0.3 is 0 Å². The third-order valence-corrected chi connectivity index (χ3v) is 5.11. The summed E-state index contributed by atoms with van der Waals surface area (Å²) in [7, 11) is 0. The number of nitrogens with one attached hydrogen (secondary N) is 2. The van der Waals surface area contributed by atoms with Crippen LogP contribution in [0, 0.1) is 5.92 Å². The Bertz CT molecular complexity index is 560. The second-order valence-corrected chi connectivity index (χ2v) is 7.61. The summed E-state index contributed by atoms with van der Waals surface area (Å²) >= 11 is 5.83. The first-order valence-electron chi connectivity index (χ1n) is 10.2. The Hall–Kier alpha value is -0.640. The molecule has 1 saturated heterocycles. The number of likely N-dealkylation sites (N-methyl/N-ethyl adjacent to an activating group) is 1. The van der Waals surface area contributed by atoms with Crippen LogP contribution in [0.3, 0.4) is 0 Å². The van der Waals surface area contributed by atoms with Crippen LogP contribution in [-0.4, -0.2) is 79.6 Å². The molecule has 1 unspecified atom stereocenters. The lowest BCUT2D eigenvalue weighted by Gasteiger charge is -2.35. The molecule has 1 aliphatic rings. The van der Waals surface area contributed by atoms with E-state index in [1.54, 1.807) is 0 Å². The van der Waals surface area contributed by atoms with E-state index in [0.717, 1.165) is 45.1 Å². The van der Waals surface area contributed by atoms with Gasteiger partial charge in [0.05, 0.1) is 0 Å². The molecule has 8 heteroatoms. The predicted molar refractivity (Wildman–Crippen MR) is 130 cm³/mol. The number of guanidine groups is 1. The van der Waals surface area contributed by atoms with Crippen molar-refractivity contribution in [3.63, 3.8) is 0 Å². The summed E-state index contributed by atoms with van der Waals surface area (Å²) in [5.74, 6) is 1.44. The lowest BCUT2D eigenvalue weighted by Crippen LogP contribution is -2.47. The first-order valence-corrected chi connectivity index (χ1v) is 10.6. The van der Waals surface area contributed by atoms with Crippen LogP contribution in [0.4, 0.5) is 0 Å². The summed E-state index contributed by atoms with van der Waals surface area (Å²) < 4.78 is 0. The number of aliphatic imine (C=N–C) groups is 1. The average molecular weight is 523 g/mol. The molecule has 1 fully saturated rings. The summed E-state index contributed by atoms with van der Waals surface area (Å²) in [5.41, 5.74) is 1.17. The van der Waals surface area contributed by atoms with Crippen LogP contribution < -0.4 is 10.6 Å². The third-order valence-electron chi connectivity index (χ3n) is 4.88. The molecule has 160 valence electrons. The van der Waals surface area contributed by atoms with E-state index in [9.17, 15) is 0 Å². The molecule has 0 spiro atoms. The minimum Gasteiger partial charge on any atom is -0.357 e. The molecule has 2 rings (SSSR count). The molecular weight excluding hydrogens is 487 g/mol. The standard InChI is InChI=1S/C20H35ClN6.HI/c1-4-22-20(23-9-8-18-6-7-19(21)24-15-18)25-14-17(3)16-27-12-10-26(5-2)11-13-27;/h6-7,15,17H,4-5,8-14,16H2,1-3H3,(H2,22,23,25);1H. The van der Waals surface area contributed by atoms with Crippen molar-refractivity contribution in [2.45, 2.75) is 27.2 Å². The van der Waals surface area contributed by atoms with Gasteiger partial charge in [-0.15, -0.1) is 24.0 Å². The predicted octanol–water partition coefficient (Wildman–Crippen LogP) is 2.72. The number of nitrogens with zero attached hydrogens (tertiary/aromatic N) is 4. The van der Waals surface area contributed by atoms with E-state index in [1.807, 2.05) is 18.3 Å². The Morgan fingerprint density at radius 3 is 2.50 bits per heavy atom. The molecule has 0 saturated carbocycles. The highest BCUT2D eigenvalue weighted by atomic mass is 127. The average Bonchev–Trinajstić information content (AvgIpc) is 2.68. The van der Waals surface area contributed by atoms with Gasteiger partial charge in [-0.25, -0.2) is 4.98 Å². The van der Waals surface area contributed by atoms with E-state index in [-0.39, 0.29) is 24.0 Å². The Labute approximate surface area is 192 Å². The van der Waals surface area contributed by atoms with E-state index in [0.29, 0.717) is 11.1 Å². The van der Waals surface area contributed by atoms with Gasteiger partial charge in [0.25, 0.3) is 0 Å². The lowest BCUT2D eigenvalue weighted by molar-refractivity contribution is 0.125. The summed E-state index contributed by atoms with van der Waals surface area (Å²) in [5, 5.41) is 7.28. The van der Waals surface area contributed by atoms with Gasteiger partial charge in [0, 0.05) is 58.6 Å². The number of halogens is 2. The summed E-state index contributed by atoms with van der Waals surface area (Å²) in [6, 6.07) is 3.85. The van der Waals surface area contributed by atoms with Crippen LogP contribution in [0.2, 0.25) is 5.15 Å². The number of pyridine rings is 1. The molecule has 0 bridgehead atoms. The molecule has 0 aromatic carbocycles. The molecular formula is C20H36ClIN6. The first-order chi connectivity index (χ1) is 13.1. The van der Waals surface area contributed by atoms with Crippen molar-refractivity contribution in [3.8, 4) is 0 Å². The zero-order valence-corrected chi connectivity index (χ0v) is 20.5. The van der Waals surface area contributed by atoms with Crippen LogP contribution in [0.25, 0.3) is 0 Å². The summed E-state index contributed by atoms with van der Waals surface area (Å²) in [6.07, 6.45) is 2.72. The molecule has 1 aromatic rings. The highest BCUT2D eigenvalue weighted by Crippen LogP contribution is 2.07. The van der Waals surface area contributed by atoms with Gasteiger partial charge in [0.2, 0.25) is 0 Å². The van der Waals surface area contributed by atoms with Crippen molar-refractivity contribution in [1.82, 2.24) is 25.4 Å². The van der Waals surface area contributed by atoms with E-state index in [1.165, 1.54) is 31.7 Å². The van der Waals surface area contributed by atoms with Gasteiger partial charge in [-0.2, -0.15) is 0 Å². The molecule has 1 aliphatic heterocycles. The van der Waals surface area contributed by atoms with Gasteiger partial charge in [-0.3, -0.25) is 4.99 Å². The van der Waals surface area contributed by atoms with Crippen molar-refractivity contribution in [1.29, 1.82) is 0 Å². The number of aromatic nitrogens is 1. The van der Waals surface area contributed by atoms with Crippen molar-refractivity contribution >= 4 is 41.5 Å². The van der Waals surface area contributed by atoms with Gasteiger partial charge < -0.3 is 20.4 Å². The molecule has 28 heavy (non-hydrogen) atoms. The van der Waals surface area contributed by atoms with E-state index >= 15 is 0 Å². The molecule has 1 aromatic heterocycles. The van der Waals surface area contributed by atoms with Crippen LogP contribution in [0.1, 0.15) is 26.3 Å². The number of piperazine rings is 1. The fourth-order valence-corrected chi connectivity index (χ4v) is 3.37. The number of rotatable bonds is 9. The fourth-order valence-electron chi connectivity index (χ4n) is 3.26. The molecule has 0 aliphatic carbocycles. The smallest absolute Gasteiger partial charge is 0.191 e. The van der Waals surface area contributed by atoms with Crippen molar-refractivity contribution in [2.24, 2.45) is 10.9 Å². The maximum absolute atomic E-state index is 5.83. The second-order valence-electron chi connectivity index (χ2n) is 7.23. The zero-order valence-electron chi connectivity index (χ0n) is 17.5. The normalized spacial score (nSPS) is 17.1. The monoisotopic (exact) mass is 522 g/mol. The molecule has 6 nitrogen and oxygen atoms in total. The van der Waals surface area contributed by atoms with Crippen LogP contribution in [0.15, 0.2) is 23.3 Å². The molecule has 2 N–H and O–H groups in total. The minimum atomic E-state index is 0. The van der Waals surface area contributed by atoms with Crippen LogP contribution in [0.5, 0.6) is 0 Å².